The number of carboxylic acid groups (broad SMARTS) is 1. The molecule has 18 heavy (non-hydrogen) atoms. The molecule has 0 aromatic rings. The van der Waals surface area contributed by atoms with Crippen molar-refractivity contribution in [2.45, 2.75) is 31.0 Å². The molecule has 104 valence electrons. The van der Waals surface area contributed by atoms with Crippen LogP contribution in [0.15, 0.2) is 0 Å². The average molecular weight is 266 g/mol. The maximum atomic E-state index is 12.7. The summed E-state index contributed by atoms with van der Waals surface area (Å²) in [5.41, 5.74) is -0.615. The summed E-state index contributed by atoms with van der Waals surface area (Å²) in [4.78, 5) is 12.6. The summed E-state index contributed by atoms with van der Waals surface area (Å²) in [7, 11) is 0. The van der Waals surface area contributed by atoms with E-state index in [9.17, 15) is 18.0 Å². The fourth-order valence-corrected chi connectivity index (χ4v) is 2.83. The van der Waals surface area contributed by atoms with Crippen LogP contribution in [0.4, 0.5) is 13.2 Å². The zero-order chi connectivity index (χ0) is 13.4. The van der Waals surface area contributed by atoms with Gasteiger partial charge < -0.3 is 10.4 Å². The van der Waals surface area contributed by atoms with Crippen molar-refractivity contribution in [3.8, 4) is 0 Å². The van der Waals surface area contributed by atoms with Crippen LogP contribution in [0.25, 0.3) is 0 Å². The second kappa shape index (κ2) is 4.70. The second-order valence-corrected chi connectivity index (χ2v) is 5.23. The zero-order valence-corrected chi connectivity index (χ0v) is 9.96. The van der Waals surface area contributed by atoms with Crippen LogP contribution in [0.2, 0.25) is 0 Å². The molecule has 0 radical (unpaired) electrons. The minimum atomic E-state index is -4.18. The minimum absolute atomic E-state index is 0.0710. The number of nitrogens with zero attached hydrogens (tertiary/aromatic N) is 1. The van der Waals surface area contributed by atoms with Gasteiger partial charge in [-0.2, -0.15) is 13.2 Å². The molecule has 2 rings (SSSR count). The standard InChI is InChI=1S/C11H17F3N2O2/c12-11(13,14)8-2-1-3-16(5-8)10(4-9(17)18)6-15-7-10/h8,15H,1-7H2,(H,17,18). The Balaban J connectivity index is 2.05. The summed E-state index contributed by atoms with van der Waals surface area (Å²) < 4.78 is 38.2. The lowest BCUT2D eigenvalue weighted by Gasteiger charge is -2.52. The monoisotopic (exact) mass is 266 g/mol. The number of carbonyl (C=O) groups is 1. The van der Waals surface area contributed by atoms with Crippen LogP contribution in [-0.4, -0.2) is 53.9 Å². The van der Waals surface area contributed by atoms with Crippen LogP contribution >= 0.6 is 0 Å². The molecular weight excluding hydrogens is 249 g/mol. The van der Waals surface area contributed by atoms with Gasteiger partial charge in [0.05, 0.1) is 17.9 Å². The first-order chi connectivity index (χ1) is 8.33. The summed E-state index contributed by atoms with van der Waals surface area (Å²) in [6.07, 6.45) is -3.65. The molecule has 7 heteroatoms. The van der Waals surface area contributed by atoms with E-state index in [1.807, 2.05) is 0 Å². The third kappa shape index (κ3) is 2.61. The number of aliphatic carboxylic acids is 1. The minimum Gasteiger partial charge on any atom is -0.481 e. The SMILES string of the molecule is O=C(O)CC1(N2CCCC(C(F)(F)F)C2)CNC1. The largest absolute Gasteiger partial charge is 0.481 e. The van der Waals surface area contributed by atoms with Gasteiger partial charge in [-0.25, -0.2) is 0 Å². The molecule has 0 bridgehead atoms. The van der Waals surface area contributed by atoms with Crippen molar-refractivity contribution in [2.24, 2.45) is 5.92 Å². The smallest absolute Gasteiger partial charge is 0.393 e. The van der Waals surface area contributed by atoms with Crippen molar-refractivity contribution in [1.29, 1.82) is 0 Å². The lowest BCUT2D eigenvalue weighted by atomic mass is 9.83. The summed E-state index contributed by atoms with van der Waals surface area (Å²) in [6, 6.07) is 0. The number of likely N-dealkylation sites (tertiary alicyclic amines) is 1. The highest BCUT2D eigenvalue weighted by Gasteiger charge is 2.49. The number of piperidine rings is 1. The maximum Gasteiger partial charge on any atom is 0.393 e. The molecule has 2 N–H and O–H groups in total. The summed E-state index contributed by atoms with van der Waals surface area (Å²) in [5.74, 6) is -2.27. The Kier molecular flexibility index (Phi) is 3.55. The van der Waals surface area contributed by atoms with Crippen molar-refractivity contribution in [1.82, 2.24) is 10.2 Å². The van der Waals surface area contributed by atoms with E-state index in [1.54, 1.807) is 4.90 Å². The summed E-state index contributed by atoms with van der Waals surface area (Å²) in [5, 5.41) is 11.9. The molecular formula is C11H17F3N2O2. The number of alkyl halides is 3. The van der Waals surface area contributed by atoms with E-state index in [2.05, 4.69) is 5.32 Å². The predicted octanol–water partition coefficient (Wildman–Crippen LogP) is 1.08. The first-order valence-electron chi connectivity index (χ1n) is 6.08. The predicted molar refractivity (Wildman–Crippen MR) is 58.2 cm³/mol. The number of rotatable bonds is 3. The van der Waals surface area contributed by atoms with Crippen molar-refractivity contribution < 1.29 is 23.1 Å². The Bertz CT molecular complexity index is 329. The third-order valence-electron chi connectivity index (χ3n) is 3.94. The molecule has 2 aliphatic rings. The number of carboxylic acids is 1. The Morgan fingerprint density at radius 1 is 1.44 bits per heavy atom. The molecule has 2 aliphatic heterocycles. The van der Waals surface area contributed by atoms with Gasteiger partial charge in [0.2, 0.25) is 0 Å². The van der Waals surface area contributed by atoms with Crippen LogP contribution in [0, 0.1) is 5.92 Å². The van der Waals surface area contributed by atoms with Crippen LogP contribution in [-0.2, 0) is 4.79 Å². The molecule has 2 fully saturated rings. The van der Waals surface area contributed by atoms with Gasteiger partial charge in [0.1, 0.15) is 0 Å². The fraction of sp³-hybridized carbons (Fsp3) is 0.909. The van der Waals surface area contributed by atoms with Gasteiger partial charge in [0.15, 0.2) is 0 Å². The van der Waals surface area contributed by atoms with Crippen molar-refractivity contribution in [3.05, 3.63) is 0 Å². The molecule has 0 aromatic carbocycles. The third-order valence-corrected chi connectivity index (χ3v) is 3.94. The molecule has 1 atom stereocenters. The average Bonchev–Trinajstić information content (AvgIpc) is 2.22. The quantitative estimate of drug-likeness (QED) is 0.802. The van der Waals surface area contributed by atoms with Crippen molar-refractivity contribution >= 4 is 5.97 Å². The summed E-state index contributed by atoms with van der Waals surface area (Å²) in [6.45, 7) is 1.41. The van der Waals surface area contributed by atoms with Gasteiger partial charge in [-0.1, -0.05) is 0 Å². The van der Waals surface area contributed by atoms with Gasteiger partial charge in [0.25, 0.3) is 0 Å². The van der Waals surface area contributed by atoms with E-state index in [0.29, 0.717) is 26.1 Å². The highest BCUT2D eigenvalue weighted by atomic mass is 19.4. The zero-order valence-electron chi connectivity index (χ0n) is 9.96. The highest BCUT2D eigenvalue weighted by molar-refractivity contribution is 5.68. The first-order valence-corrected chi connectivity index (χ1v) is 6.08. The highest BCUT2D eigenvalue weighted by Crippen LogP contribution is 2.37. The molecule has 2 heterocycles. The van der Waals surface area contributed by atoms with E-state index in [4.69, 9.17) is 5.11 Å². The molecule has 0 aliphatic carbocycles. The van der Waals surface area contributed by atoms with Crippen LogP contribution < -0.4 is 5.32 Å². The summed E-state index contributed by atoms with van der Waals surface area (Å²) >= 11 is 0. The van der Waals surface area contributed by atoms with E-state index in [0.717, 1.165) is 0 Å². The van der Waals surface area contributed by atoms with Gasteiger partial charge in [-0.05, 0) is 19.4 Å². The van der Waals surface area contributed by atoms with Gasteiger partial charge in [-0.15, -0.1) is 0 Å². The fourth-order valence-electron chi connectivity index (χ4n) is 2.83. The Morgan fingerprint density at radius 2 is 2.11 bits per heavy atom. The molecule has 4 nitrogen and oxygen atoms in total. The number of nitrogens with one attached hydrogen (secondary N) is 1. The van der Waals surface area contributed by atoms with E-state index < -0.39 is 23.6 Å². The normalized spacial score (nSPS) is 28.7. The van der Waals surface area contributed by atoms with Gasteiger partial charge in [0, 0.05) is 19.6 Å². The Labute approximate surface area is 103 Å². The van der Waals surface area contributed by atoms with Crippen LogP contribution in [0.3, 0.4) is 0 Å². The maximum absolute atomic E-state index is 12.7. The Hall–Kier alpha value is -0.820. The van der Waals surface area contributed by atoms with Gasteiger partial charge in [-0.3, -0.25) is 9.69 Å². The van der Waals surface area contributed by atoms with Crippen molar-refractivity contribution in [2.75, 3.05) is 26.2 Å². The number of halogens is 3. The van der Waals surface area contributed by atoms with E-state index >= 15 is 0 Å². The molecule has 0 amide bonds. The lowest BCUT2D eigenvalue weighted by molar-refractivity contribution is -0.194. The molecule has 0 spiro atoms. The van der Waals surface area contributed by atoms with Crippen LogP contribution in [0.5, 0.6) is 0 Å². The lowest BCUT2D eigenvalue weighted by Crippen LogP contribution is -2.71. The molecule has 0 saturated carbocycles. The molecule has 2 saturated heterocycles. The van der Waals surface area contributed by atoms with Gasteiger partial charge >= 0.3 is 12.1 Å². The number of hydrogen-bond acceptors (Lipinski definition) is 3. The van der Waals surface area contributed by atoms with E-state index in [-0.39, 0.29) is 19.4 Å². The van der Waals surface area contributed by atoms with Crippen LogP contribution in [0.1, 0.15) is 19.3 Å². The van der Waals surface area contributed by atoms with Crippen molar-refractivity contribution in [3.63, 3.8) is 0 Å². The number of hydrogen-bond donors (Lipinski definition) is 2. The topological polar surface area (TPSA) is 52.6 Å². The van der Waals surface area contributed by atoms with E-state index in [1.165, 1.54) is 0 Å². The molecule has 1 unspecified atom stereocenters. The molecule has 0 aromatic heterocycles. The Morgan fingerprint density at radius 3 is 2.56 bits per heavy atom. The second-order valence-electron chi connectivity index (χ2n) is 5.23. The first kappa shape index (κ1) is 13.6.